The first-order chi connectivity index (χ1) is 13.2. The summed E-state index contributed by atoms with van der Waals surface area (Å²) in [6, 6.07) is 15.6. The average Bonchev–Trinajstić information content (AvgIpc) is 3.18. The van der Waals surface area contributed by atoms with Crippen LogP contribution in [0.4, 0.5) is 5.69 Å². The molecule has 1 aromatic heterocycles. The lowest BCUT2D eigenvalue weighted by Gasteiger charge is -2.12. The number of halogens is 1. The van der Waals surface area contributed by atoms with Crippen molar-refractivity contribution in [2.75, 3.05) is 17.7 Å². The number of hydrogen-bond acceptors (Lipinski definition) is 4. The molecule has 5 nitrogen and oxygen atoms in total. The maximum atomic E-state index is 12.3. The Morgan fingerprint density at radius 3 is 2.78 bits per heavy atom. The van der Waals surface area contributed by atoms with Crippen molar-refractivity contribution in [1.29, 1.82) is 0 Å². The smallest absolute Gasteiger partial charge is 0.225 e. The fourth-order valence-corrected chi connectivity index (χ4v) is 3.50. The molecule has 1 N–H and O–H groups in total. The number of rotatable bonds is 9. The predicted molar refractivity (Wildman–Crippen MR) is 112 cm³/mol. The molecule has 0 fully saturated rings. The zero-order valence-electron chi connectivity index (χ0n) is 14.7. The molecule has 3 aromatic rings. The molecule has 2 aromatic carbocycles. The van der Waals surface area contributed by atoms with Crippen molar-refractivity contribution in [3.8, 4) is 5.75 Å². The summed E-state index contributed by atoms with van der Waals surface area (Å²) in [4.78, 5) is 17.4. The number of carbonyl (C=O) groups excluding carboxylic acids is 1. The first-order valence-corrected chi connectivity index (χ1v) is 10.3. The van der Waals surface area contributed by atoms with E-state index in [1.165, 1.54) is 0 Å². The highest BCUT2D eigenvalue weighted by Crippen LogP contribution is 2.25. The molecule has 3 rings (SSSR count). The van der Waals surface area contributed by atoms with Gasteiger partial charge >= 0.3 is 0 Å². The van der Waals surface area contributed by atoms with Gasteiger partial charge in [-0.25, -0.2) is 4.98 Å². The predicted octanol–water partition coefficient (Wildman–Crippen LogP) is 4.85. The highest BCUT2D eigenvalue weighted by Gasteiger charge is 2.08. The third kappa shape index (κ3) is 6.45. The number of anilines is 1. The van der Waals surface area contributed by atoms with Gasteiger partial charge in [-0.05, 0) is 36.4 Å². The Labute approximate surface area is 171 Å². The van der Waals surface area contributed by atoms with E-state index < -0.39 is 0 Å². The molecular weight excluding hydrogens is 426 g/mol. The molecule has 27 heavy (non-hydrogen) atoms. The highest BCUT2D eigenvalue weighted by atomic mass is 79.9. The van der Waals surface area contributed by atoms with Gasteiger partial charge in [0, 0.05) is 33.9 Å². The topological polar surface area (TPSA) is 56.1 Å². The monoisotopic (exact) mass is 445 g/mol. The van der Waals surface area contributed by atoms with Gasteiger partial charge in [0.2, 0.25) is 5.91 Å². The van der Waals surface area contributed by atoms with Crippen LogP contribution in [-0.2, 0) is 11.3 Å². The molecule has 1 amide bonds. The summed E-state index contributed by atoms with van der Waals surface area (Å²) in [7, 11) is 0. The van der Waals surface area contributed by atoms with E-state index in [1.54, 1.807) is 24.3 Å². The first kappa shape index (κ1) is 19.5. The van der Waals surface area contributed by atoms with Crippen molar-refractivity contribution in [3.63, 3.8) is 0 Å². The lowest BCUT2D eigenvalue weighted by molar-refractivity contribution is -0.115. The number of ether oxygens (including phenoxy) is 1. The van der Waals surface area contributed by atoms with Crippen molar-refractivity contribution < 1.29 is 9.53 Å². The van der Waals surface area contributed by atoms with Crippen LogP contribution in [0.25, 0.3) is 0 Å². The standard InChI is InChI=1S/C20H20BrN3O2S/c21-16-5-7-17(8-6-16)27-14-9-20(25)23-18-3-1-2-4-19(18)26-13-12-24-11-10-22-15-24/h1-8,10-11,15H,9,12-14H2,(H,23,25). The van der Waals surface area contributed by atoms with Crippen LogP contribution in [0.2, 0.25) is 0 Å². The maximum Gasteiger partial charge on any atom is 0.225 e. The van der Waals surface area contributed by atoms with Crippen molar-refractivity contribution in [2.45, 2.75) is 17.9 Å². The van der Waals surface area contributed by atoms with Crippen molar-refractivity contribution in [2.24, 2.45) is 0 Å². The highest BCUT2D eigenvalue weighted by molar-refractivity contribution is 9.10. The number of para-hydroxylation sites is 2. The van der Waals surface area contributed by atoms with Gasteiger partial charge in [-0.2, -0.15) is 0 Å². The molecule has 0 aliphatic heterocycles. The van der Waals surface area contributed by atoms with E-state index in [1.807, 2.05) is 59.3 Å². The van der Waals surface area contributed by atoms with Crippen molar-refractivity contribution in [1.82, 2.24) is 9.55 Å². The van der Waals surface area contributed by atoms with Gasteiger partial charge < -0.3 is 14.6 Å². The molecule has 0 aliphatic rings. The third-order valence-corrected chi connectivity index (χ3v) is 5.28. The number of nitrogens with zero attached hydrogens (tertiary/aromatic N) is 2. The number of thioether (sulfide) groups is 1. The van der Waals surface area contributed by atoms with Crippen LogP contribution in [-0.4, -0.2) is 27.8 Å². The first-order valence-electron chi connectivity index (χ1n) is 8.56. The molecule has 0 atom stereocenters. The summed E-state index contributed by atoms with van der Waals surface area (Å²) in [5.41, 5.74) is 0.696. The van der Waals surface area contributed by atoms with Crippen molar-refractivity contribution in [3.05, 3.63) is 71.7 Å². The van der Waals surface area contributed by atoms with E-state index in [0.29, 0.717) is 31.0 Å². The fourth-order valence-electron chi connectivity index (χ4n) is 2.38. The molecular formula is C20H20BrN3O2S. The molecule has 0 saturated heterocycles. The Balaban J connectivity index is 1.46. The van der Waals surface area contributed by atoms with Crippen LogP contribution in [0.5, 0.6) is 5.75 Å². The molecule has 140 valence electrons. The molecule has 7 heteroatoms. The van der Waals surface area contributed by atoms with E-state index >= 15 is 0 Å². The summed E-state index contributed by atoms with van der Waals surface area (Å²) < 4.78 is 8.82. The van der Waals surface area contributed by atoms with Crippen LogP contribution in [0.15, 0.2) is 76.6 Å². The van der Waals surface area contributed by atoms with Crippen LogP contribution < -0.4 is 10.1 Å². The summed E-state index contributed by atoms with van der Waals surface area (Å²) >= 11 is 5.08. The van der Waals surface area contributed by atoms with Crippen LogP contribution in [0.3, 0.4) is 0 Å². The number of hydrogen-bond donors (Lipinski definition) is 1. The lowest BCUT2D eigenvalue weighted by Crippen LogP contribution is -2.14. The second-order valence-corrected chi connectivity index (χ2v) is 7.83. The largest absolute Gasteiger partial charge is 0.490 e. The van der Waals surface area contributed by atoms with Crippen LogP contribution in [0, 0.1) is 0 Å². The van der Waals surface area contributed by atoms with Gasteiger partial charge in [-0.1, -0.05) is 28.1 Å². The number of amides is 1. The van der Waals surface area contributed by atoms with E-state index in [9.17, 15) is 4.79 Å². The Morgan fingerprint density at radius 2 is 2.00 bits per heavy atom. The van der Waals surface area contributed by atoms with Crippen LogP contribution >= 0.6 is 27.7 Å². The Morgan fingerprint density at radius 1 is 1.19 bits per heavy atom. The number of benzene rings is 2. The summed E-state index contributed by atoms with van der Waals surface area (Å²) in [5, 5.41) is 2.95. The Bertz CT molecular complexity index is 854. The van der Waals surface area contributed by atoms with Gasteiger partial charge in [-0.15, -0.1) is 11.8 Å². The van der Waals surface area contributed by atoms with Gasteiger partial charge in [0.15, 0.2) is 0 Å². The number of imidazole rings is 1. The molecule has 0 unspecified atom stereocenters. The second-order valence-electron chi connectivity index (χ2n) is 5.75. The normalized spacial score (nSPS) is 10.6. The lowest BCUT2D eigenvalue weighted by atomic mass is 10.3. The summed E-state index contributed by atoms with van der Waals surface area (Å²) in [6.07, 6.45) is 5.81. The SMILES string of the molecule is O=C(CCSc1ccc(Br)cc1)Nc1ccccc1OCCn1ccnc1. The maximum absolute atomic E-state index is 12.3. The zero-order valence-corrected chi connectivity index (χ0v) is 17.1. The second kappa shape index (κ2) is 10.2. The van der Waals surface area contributed by atoms with E-state index in [0.717, 1.165) is 15.1 Å². The zero-order chi connectivity index (χ0) is 18.9. The van der Waals surface area contributed by atoms with Gasteiger partial charge in [-0.3, -0.25) is 4.79 Å². The molecule has 0 bridgehead atoms. The van der Waals surface area contributed by atoms with Gasteiger partial charge in [0.25, 0.3) is 0 Å². The number of aromatic nitrogens is 2. The molecule has 0 saturated carbocycles. The summed E-state index contributed by atoms with van der Waals surface area (Å²) in [5.74, 6) is 1.37. The third-order valence-electron chi connectivity index (χ3n) is 3.74. The molecule has 0 radical (unpaired) electrons. The van der Waals surface area contributed by atoms with E-state index in [2.05, 4.69) is 26.2 Å². The molecule has 0 spiro atoms. The number of nitrogens with one attached hydrogen (secondary N) is 1. The Kier molecular flexibility index (Phi) is 7.36. The average molecular weight is 446 g/mol. The minimum Gasteiger partial charge on any atom is -0.490 e. The van der Waals surface area contributed by atoms with Crippen molar-refractivity contribution >= 4 is 39.3 Å². The molecule has 1 heterocycles. The summed E-state index contributed by atoms with van der Waals surface area (Å²) in [6.45, 7) is 1.20. The van der Waals surface area contributed by atoms with E-state index in [4.69, 9.17) is 4.74 Å². The van der Waals surface area contributed by atoms with Gasteiger partial charge in [0.05, 0.1) is 18.6 Å². The van der Waals surface area contributed by atoms with Crippen LogP contribution in [0.1, 0.15) is 6.42 Å². The van der Waals surface area contributed by atoms with Gasteiger partial charge in [0.1, 0.15) is 12.4 Å². The fraction of sp³-hybridized carbons (Fsp3) is 0.200. The minimum atomic E-state index is -0.0229. The minimum absolute atomic E-state index is 0.0229. The molecule has 0 aliphatic carbocycles. The quantitative estimate of drug-likeness (QED) is 0.478. The number of carbonyl (C=O) groups is 1. The van der Waals surface area contributed by atoms with E-state index in [-0.39, 0.29) is 5.91 Å². The Hall–Kier alpha value is -2.25.